The molecule has 0 aliphatic heterocycles. The lowest BCUT2D eigenvalue weighted by Crippen LogP contribution is -2.32. The number of carbonyl (C=O) groups excluding carboxylic acids is 1. The van der Waals surface area contributed by atoms with Crippen molar-refractivity contribution in [3.8, 4) is 0 Å². The average molecular weight is 273 g/mol. The maximum absolute atomic E-state index is 11.4. The first-order valence-corrected chi connectivity index (χ1v) is 5.85. The maximum atomic E-state index is 11.4. The van der Waals surface area contributed by atoms with Crippen LogP contribution in [0.1, 0.15) is 20.8 Å². The number of nitrogens with zero attached hydrogens (tertiary/aromatic N) is 2. The van der Waals surface area contributed by atoms with Gasteiger partial charge in [0.25, 0.3) is 0 Å². The van der Waals surface area contributed by atoms with Crippen molar-refractivity contribution >= 4 is 29.8 Å². The highest BCUT2D eigenvalue weighted by Gasteiger charge is 2.08. The molecule has 0 spiro atoms. The molecule has 1 unspecified atom stereocenters. The second kappa shape index (κ2) is 7.89. The van der Waals surface area contributed by atoms with Gasteiger partial charge in [-0.2, -0.15) is 0 Å². The number of hydrogen-bond acceptors (Lipinski definition) is 4. The summed E-state index contributed by atoms with van der Waals surface area (Å²) in [4.78, 5) is 17.8. The van der Waals surface area contributed by atoms with Crippen molar-refractivity contribution in [1.29, 1.82) is 0 Å². The fourth-order valence-electron chi connectivity index (χ4n) is 1.45. The zero-order valence-electron chi connectivity index (χ0n) is 11.0. The molecule has 0 bridgehead atoms. The van der Waals surface area contributed by atoms with Crippen LogP contribution in [-0.2, 0) is 4.79 Å². The quantitative estimate of drug-likeness (QED) is 0.855. The van der Waals surface area contributed by atoms with Crippen LogP contribution in [0.4, 0.5) is 11.5 Å². The number of anilines is 2. The second-order valence-corrected chi connectivity index (χ2v) is 3.86. The maximum Gasteiger partial charge on any atom is 0.241 e. The number of nitrogens with one attached hydrogen (secondary N) is 1. The molecule has 1 aromatic rings. The summed E-state index contributed by atoms with van der Waals surface area (Å²) in [7, 11) is 0. The molecule has 5 nitrogen and oxygen atoms in total. The van der Waals surface area contributed by atoms with Crippen LogP contribution in [0.15, 0.2) is 18.3 Å². The highest BCUT2D eigenvalue weighted by molar-refractivity contribution is 5.94. The molecule has 1 rings (SSSR count). The van der Waals surface area contributed by atoms with Gasteiger partial charge in [-0.25, -0.2) is 4.98 Å². The summed E-state index contributed by atoms with van der Waals surface area (Å²) in [5.41, 5.74) is 6.13. The van der Waals surface area contributed by atoms with Gasteiger partial charge in [-0.3, -0.25) is 4.79 Å². The Balaban J connectivity index is 0.00000289. The molecule has 0 aliphatic rings. The Hall–Kier alpha value is -1.33. The topological polar surface area (TPSA) is 71.2 Å². The SMILES string of the molecule is CCN(CC)c1ccc(NC(=O)C(C)N)cn1.Cl. The van der Waals surface area contributed by atoms with Crippen molar-refractivity contribution in [2.75, 3.05) is 23.3 Å². The molecule has 1 amide bonds. The van der Waals surface area contributed by atoms with Crippen LogP contribution < -0.4 is 16.0 Å². The summed E-state index contributed by atoms with van der Waals surface area (Å²) in [6.07, 6.45) is 1.65. The van der Waals surface area contributed by atoms with Crippen LogP contribution in [0.3, 0.4) is 0 Å². The highest BCUT2D eigenvalue weighted by atomic mass is 35.5. The molecule has 1 aromatic heterocycles. The van der Waals surface area contributed by atoms with E-state index in [2.05, 4.69) is 29.0 Å². The smallest absolute Gasteiger partial charge is 0.241 e. The predicted molar refractivity (Wildman–Crippen MR) is 77.3 cm³/mol. The van der Waals surface area contributed by atoms with Crippen LogP contribution in [0, 0.1) is 0 Å². The Bertz CT molecular complexity index is 363. The molecule has 0 saturated heterocycles. The van der Waals surface area contributed by atoms with Crippen molar-refractivity contribution in [2.45, 2.75) is 26.8 Å². The number of amides is 1. The minimum Gasteiger partial charge on any atom is -0.357 e. The van der Waals surface area contributed by atoms with E-state index in [1.807, 2.05) is 12.1 Å². The largest absolute Gasteiger partial charge is 0.357 e. The Kier molecular flexibility index (Phi) is 7.31. The number of halogens is 1. The predicted octanol–water partition coefficient (Wildman–Crippen LogP) is 1.64. The van der Waals surface area contributed by atoms with Crippen molar-refractivity contribution in [3.63, 3.8) is 0 Å². The Morgan fingerprint density at radius 1 is 1.44 bits per heavy atom. The third-order valence-corrected chi connectivity index (χ3v) is 2.52. The standard InChI is InChI=1S/C12H20N4O.ClH/c1-4-16(5-2)11-7-6-10(8-14-11)15-12(17)9(3)13;/h6-9H,4-5,13H2,1-3H3,(H,15,17);1H. The summed E-state index contributed by atoms with van der Waals surface area (Å²) in [6.45, 7) is 7.63. The molecule has 3 N–H and O–H groups in total. The minimum absolute atomic E-state index is 0. The van der Waals surface area contributed by atoms with E-state index in [0.717, 1.165) is 18.9 Å². The van der Waals surface area contributed by atoms with Gasteiger partial charge in [-0.15, -0.1) is 12.4 Å². The average Bonchev–Trinajstić information content (AvgIpc) is 2.32. The third-order valence-electron chi connectivity index (χ3n) is 2.52. The Morgan fingerprint density at radius 3 is 2.44 bits per heavy atom. The highest BCUT2D eigenvalue weighted by Crippen LogP contribution is 2.13. The monoisotopic (exact) mass is 272 g/mol. The fourth-order valence-corrected chi connectivity index (χ4v) is 1.45. The van der Waals surface area contributed by atoms with Gasteiger partial charge in [0, 0.05) is 13.1 Å². The van der Waals surface area contributed by atoms with E-state index in [1.54, 1.807) is 13.1 Å². The van der Waals surface area contributed by atoms with Gasteiger partial charge in [-0.1, -0.05) is 0 Å². The van der Waals surface area contributed by atoms with E-state index in [4.69, 9.17) is 5.73 Å². The first-order valence-electron chi connectivity index (χ1n) is 5.85. The molecule has 0 radical (unpaired) electrons. The molecular formula is C12H21ClN4O. The van der Waals surface area contributed by atoms with Crippen LogP contribution in [0.5, 0.6) is 0 Å². The molecule has 1 heterocycles. The van der Waals surface area contributed by atoms with Crippen LogP contribution in [0.2, 0.25) is 0 Å². The summed E-state index contributed by atoms with van der Waals surface area (Å²) >= 11 is 0. The van der Waals surface area contributed by atoms with E-state index >= 15 is 0 Å². The number of pyridine rings is 1. The summed E-state index contributed by atoms with van der Waals surface area (Å²) in [6, 6.07) is 3.21. The lowest BCUT2D eigenvalue weighted by molar-refractivity contribution is -0.117. The van der Waals surface area contributed by atoms with E-state index in [0.29, 0.717) is 5.69 Å². The third kappa shape index (κ3) is 4.50. The van der Waals surface area contributed by atoms with Gasteiger partial charge in [0.2, 0.25) is 5.91 Å². The van der Waals surface area contributed by atoms with Gasteiger partial charge < -0.3 is 16.0 Å². The van der Waals surface area contributed by atoms with Crippen LogP contribution >= 0.6 is 12.4 Å². The van der Waals surface area contributed by atoms with Crippen molar-refractivity contribution in [3.05, 3.63) is 18.3 Å². The number of carbonyl (C=O) groups is 1. The number of rotatable bonds is 5. The number of aromatic nitrogens is 1. The van der Waals surface area contributed by atoms with Crippen LogP contribution in [-0.4, -0.2) is 30.0 Å². The molecule has 0 fully saturated rings. The zero-order valence-corrected chi connectivity index (χ0v) is 11.8. The minimum atomic E-state index is -0.516. The molecule has 0 aromatic carbocycles. The first kappa shape index (κ1) is 16.7. The Morgan fingerprint density at radius 2 is 2.06 bits per heavy atom. The van der Waals surface area contributed by atoms with E-state index < -0.39 is 6.04 Å². The van der Waals surface area contributed by atoms with Crippen LogP contribution in [0.25, 0.3) is 0 Å². The molecule has 0 saturated carbocycles. The van der Waals surface area contributed by atoms with E-state index in [9.17, 15) is 4.79 Å². The van der Waals surface area contributed by atoms with Crippen molar-refractivity contribution in [1.82, 2.24) is 4.98 Å². The van der Waals surface area contributed by atoms with Gasteiger partial charge in [0.1, 0.15) is 5.82 Å². The van der Waals surface area contributed by atoms with E-state index in [-0.39, 0.29) is 18.3 Å². The molecule has 102 valence electrons. The van der Waals surface area contributed by atoms with E-state index in [1.165, 1.54) is 0 Å². The van der Waals surface area contributed by atoms with Crippen molar-refractivity contribution in [2.24, 2.45) is 5.73 Å². The lowest BCUT2D eigenvalue weighted by atomic mass is 10.3. The first-order chi connectivity index (χ1) is 8.08. The summed E-state index contributed by atoms with van der Waals surface area (Å²) < 4.78 is 0. The molecule has 18 heavy (non-hydrogen) atoms. The zero-order chi connectivity index (χ0) is 12.8. The molecule has 6 heteroatoms. The molecular weight excluding hydrogens is 252 g/mol. The lowest BCUT2D eigenvalue weighted by Gasteiger charge is -2.19. The summed E-state index contributed by atoms with van der Waals surface area (Å²) in [5.74, 6) is 0.705. The number of nitrogens with two attached hydrogens (primary N) is 1. The Labute approximate surface area is 114 Å². The normalized spacial score (nSPS) is 11.3. The summed E-state index contributed by atoms with van der Waals surface area (Å²) in [5, 5.41) is 2.70. The fraction of sp³-hybridized carbons (Fsp3) is 0.500. The van der Waals surface area contributed by atoms with Gasteiger partial charge in [0.15, 0.2) is 0 Å². The van der Waals surface area contributed by atoms with Gasteiger partial charge in [-0.05, 0) is 32.9 Å². The molecule has 0 aliphatic carbocycles. The van der Waals surface area contributed by atoms with Crippen molar-refractivity contribution < 1.29 is 4.79 Å². The van der Waals surface area contributed by atoms with Gasteiger partial charge >= 0.3 is 0 Å². The molecule has 1 atom stereocenters. The second-order valence-electron chi connectivity index (χ2n) is 3.86. The number of hydrogen-bond donors (Lipinski definition) is 2. The van der Waals surface area contributed by atoms with Gasteiger partial charge in [0.05, 0.1) is 17.9 Å².